The number of hydrogen-bond acceptors (Lipinski definition) is 3. The molecule has 1 aromatic heterocycles. The molecule has 3 heteroatoms. The Morgan fingerprint density at radius 2 is 2.12 bits per heavy atom. The van der Waals surface area contributed by atoms with Crippen molar-refractivity contribution in [3.8, 4) is 0 Å². The number of anilines is 2. The van der Waals surface area contributed by atoms with Gasteiger partial charge < -0.3 is 11.1 Å². The van der Waals surface area contributed by atoms with Gasteiger partial charge >= 0.3 is 0 Å². The standard InChI is InChI=1S/C13H15N3/c1-10-3-2-4-13(5-10)16-8-11-6-12(14)9-15-7-11/h2-7,9,16H,8,14H2,1H3. The zero-order chi connectivity index (χ0) is 11.4. The average Bonchev–Trinajstić information content (AvgIpc) is 2.27. The van der Waals surface area contributed by atoms with Crippen molar-refractivity contribution < 1.29 is 0 Å². The molecule has 0 bridgehead atoms. The lowest BCUT2D eigenvalue weighted by atomic mass is 10.2. The Morgan fingerprint density at radius 3 is 2.88 bits per heavy atom. The lowest BCUT2D eigenvalue weighted by Crippen LogP contribution is -2.00. The van der Waals surface area contributed by atoms with E-state index < -0.39 is 0 Å². The predicted octanol–water partition coefficient (Wildman–Crippen LogP) is 2.58. The van der Waals surface area contributed by atoms with Crippen LogP contribution in [0.3, 0.4) is 0 Å². The van der Waals surface area contributed by atoms with Crippen LogP contribution in [0.4, 0.5) is 11.4 Å². The van der Waals surface area contributed by atoms with Crippen molar-refractivity contribution in [2.75, 3.05) is 11.1 Å². The third kappa shape index (κ3) is 2.73. The summed E-state index contributed by atoms with van der Waals surface area (Å²) < 4.78 is 0. The number of benzene rings is 1. The lowest BCUT2D eigenvalue weighted by Gasteiger charge is -2.07. The average molecular weight is 213 g/mol. The molecule has 0 unspecified atom stereocenters. The number of nitrogens with two attached hydrogens (primary N) is 1. The first-order valence-corrected chi connectivity index (χ1v) is 5.24. The number of aromatic nitrogens is 1. The van der Waals surface area contributed by atoms with E-state index in [1.165, 1.54) is 5.56 Å². The number of nitrogen functional groups attached to an aromatic ring is 1. The number of nitrogens with zero attached hydrogens (tertiary/aromatic N) is 1. The van der Waals surface area contributed by atoms with Crippen molar-refractivity contribution in [1.82, 2.24) is 4.98 Å². The fourth-order valence-electron chi connectivity index (χ4n) is 1.56. The van der Waals surface area contributed by atoms with E-state index in [0.717, 1.165) is 17.8 Å². The molecule has 16 heavy (non-hydrogen) atoms. The molecule has 82 valence electrons. The minimum absolute atomic E-state index is 0.698. The van der Waals surface area contributed by atoms with E-state index >= 15 is 0 Å². The Balaban J connectivity index is 2.02. The van der Waals surface area contributed by atoms with Crippen molar-refractivity contribution in [3.63, 3.8) is 0 Å². The Bertz CT molecular complexity index is 435. The first-order chi connectivity index (χ1) is 7.74. The molecule has 0 saturated heterocycles. The molecule has 0 fully saturated rings. The molecule has 0 aliphatic carbocycles. The molecule has 0 atom stereocenters. The molecule has 1 heterocycles. The summed E-state index contributed by atoms with van der Waals surface area (Å²) in [5.41, 5.74) is 9.80. The van der Waals surface area contributed by atoms with Gasteiger partial charge in [0, 0.05) is 24.6 Å². The molecule has 0 spiro atoms. The maximum absolute atomic E-state index is 5.66. The normalized spacial score (nSPS) is 10.1. The van der Waals surface area contributed by atoms with Crippen molar-refractivity contribution in [2.45, 2.75) is 13.5 Å². The fourth-order valence-corrected chi connectivity index (χ4v) is 1.56. The van der Waals surface area contributed by atoms with E-state index in [1.54, 1.807) is 6.20 Å². The van der Waals surface area contributed by atoms with Gasteiger partial charge in [-0.05, 0) is 36.2 Å². The van der Waals surface area contributed by atoms with Crippen molar-refractivity contribution in [3.05, 3.63) is 53.9 Å². The highest BCUT2D eigenvalue weighted by atomic mass is 14.9. The molecule has 1 aromatic carbocycles. The van der Waals surface area contributed by atoms with Gasteiger partial charge in [-0.1, -0.05) is 12.1 Å². The summed E-state index contributed by atoms with van der Waals surface area (Å²) in [6, 6.07) is 10.2. The topological polar surface area (TPSA) is 50.9 Å². The molecule has 2 rings (SSSR count). The van der Waals surface area contributed by atoms with Crippen LogP contribution >= 0.6 is 0 Å². The summed E-state index contributed by atoms with van der Waals surface area (Å²) in [7, 11) is 0. The first-order valence-electron chi connectivity index (χ1n) is 5.24. The second-order valence-electron chi connectivity index (χ2n) is 3.85. The lowest BCUT2D eigenvalue weighted by molar-refractivity contribution is 1.11. The zero-order valence-corrected chi connectivity index (χ0v) is 9.27. The summed E-state index contributed by atoms with van der Waals surface area (Å²) in [6.45, 7) is 2.81. The first kappa shape index (κ1) is 10.5. The summed E-state index contributed by atoms with van der Waals surface area (Å²) in [4.78, 5) is 4.05. The highest BCUT2D eigenvalue weighted by molar-refractivity contribution is 5.46. The smallest absolute Gasteiger partial charge is 0.0504 e. The second kappa shape index (κ2) is 4.66. The summed E-state index contributed by atoms with van der Waals surface area (Å²) in [5, 5.41) is 3.33. The number of aryl methyl sites for hydroxylation is 1. The SMILES string of the molecule is Cc1cccc(NCc2cncc(N)c2)c1. The predicted molar refractivity (Wildman–Crippen MR) is 67.2 cm³/mol. The second-order valence-corrected chi connectivity index (χ2v) is 3.85. The number of nitrogens with one attached hydrogen (secondary N) is 1. The van der Waals surface area contributed by atoms with Crippen LogP contribution in [0.2, 0.25) is 0 Å². The van der Waals surface area contributed by atoms with Crippen LogP contribution in [0.15, 0.2) is 42.7 Å². The van der Waals surface area contributed by atoms with Crippen LogP contribution in [-0.2, 0) is 6.54 Å². The molecular formula is C13H15N3. The van der Waals surface area contributed by atoms with Crippen LogP contribution in [0, 0.1) is 6.92 Å². The maximum atomic E-state index is 5.66. The van der Waals surface area contributed by atoms with E-state index in [-0.39, 0.29) is 0 Å². The summed E-state index contributed by atoms with van der Waals surface area (Å²) >= 11 is 0. The molecule has 0 aliphatic rings. The fraction of sp³-hybridized carbons (Fsp3) is 0.154. The van der Waals surface area contributed by atoms with Crippen LogP contribution in [0.1, 0.15) is 11.1 Å². The number of rotatable bonds is 3. The van der Waals surface area contributed by atoms with Crippen molar-refractivity contribution in [2.24, 2.45) is 0 Å². The Morgan fingerprint density at radius 1 is 1.25 bits per heavy atom. The van der Waals surface area contributed by atoms with E-state index in [1.807, 2.05) is 24.4 Å². The van der Waals surface area contributed by atoms with E-state index in [4.69, 9.17) is 5.73 Å². The maximum Gasteiger partial charge on any atom is 0.0504 e. The molecule has 3 nitrogen and oxygen atoms in total. The molecule has 0 saturated carbocycles. The van der Waals surface area contributed by atoms with Gasteiger partial charge in [0.1, 0.15) is 0 Å². The minimum atomic E-state index is 0.698. The van der Waals surface area contributed by atoms with Crippen LogP contribution in [0.25, 0.3) is 0 Å². The minimum Gasteiger partial charge on any atom is -0.397 e. The number of hydrogen-bond donors (Lipinski definition) is 2. The summed E-state index contributed by atoms with van der Waals surface area (Å²) in [5.74, 6) is 0. The Labute approximate surface area is 95.3 Å². The van der Waals surface area contributed by atoms with Gasteiger partial charge in [-0.25, -0.2) is 0 Å². The highest BCUT2D eigenvalue weighted by Gasteiger charge is 1.95. The van der Waals surface area contributed by atoms with Crippen LogP contribution in [0.5, 0.6) is 0 Å². The Hall–Kier alpha value is -2.03. The van der Waals surface area contributed by atoms with Gasteiger partial charge in [-0.15, -0.1) is 0 Å². The zero-order valence-electron chi connectivity index (χ0n) is 9.27. The monoisotopic (exact) mass is 213 g/mol. The van der Waals surface area contributed by atoms with E-state index in [9.17, 15) is 0 Å². The molecule has 0 amide bonds. The van der Waals surface area contributed by atoms with Gasteiger partial charge in [0.05, 0.1) is 5.69 Å². The highest BCUT2D eigenvalue weighted by Crippen LogP contribution is 2.11. The largest absolute Gasteiger partial charge is 0.397 e. The van der Waals surface area contributed by atoms with E-state index in [2.05, 4.69) is 29.4 Å². The van der Waals surface area contributed by atoms with Gasteiger partial charge in [0.2, 0.25) is 0 Å². The van der Waals surface area contributed by atoms with E-state index in [0.29, 0.717) is 5.69 Å². The van der Waals surface area contributed by atoms with Gasteiger partial charge in [0.25, 0.3) is 0 Å². The third-order valence-corrected chi connectivity index (χ3v) is 2.33. The quantitative estimate of drug-likeness (QED) is 0.824. The third-order valence-electron chi connectivity index (χ3n) is 2.33. The van der Waals surface area contributed by atoms with Crippen LogP contribution < -0.4 is 11.1 Å². The Kier molecular flexibility index (Phi) is 3.05. The summed E-state index contributed by atoms with van der Waals surface area (Å²) in [6.07, 6.45) is 3.47. The number of pyridine rings is 1. The molecule has 0 aliphatic heterocycles. The van der Waals surface area contributed by atoms with Gasteiger partial charge in [0.15, 0.2) is 0 Å². The van der Waals surface area contributed by atoms with Crippen molar-refractivity contribution >= 4 is 11.4 Å². The van der Waals surface area contributed by atoms with Gasteiger partial charge in [-0.2, -0.15) is 0 Å². The molecule has 2 aromatic rings. The molecule has 3 N–H and O–H groups in total. The molecule has 0 radical (unpaired) electrons. The van der Waals surface area contributed by atoms with Crippen molar-refractivity contribution in [1.29, 1.82) is 0 Å². The van der Waals surface area contributed by atoms with Gasteiger partial charge in [-0.3, -0.25) is 4.98 Å². The van der Waals surface area contributed by atoms with Crippen LogP contribution in [-0.4, -0.2) is 4.98 Å². The molecular weight excluding hydrogens is 198 g/mol.